The van der Waals surface area contributed by atoms with Gasteiger partial charge in [-0.25, -0.2) is 0 Å². The topological polar surface area (TPSA) is 0 Å². The predicted molar refractivity (Wildman–Crippen MR) is 115 cm³/mol. The highest BCUT2D eigenvalue weighted by Crippen LogP contribution is 2.37. The molecule has 2 heteroatoms. The molecule has 0 fully saturated rings. The maximum atomic E-state index is 3.96. The second kappa shape index (κ2) is 7.86. The van der Waals surface area contributed by atoms with Crippen molar-refractivity contribution in [1.82, 2.24) is 0 Å². The fourth-order valence-electron chi connectivity index (χ4n) is 2.82. The summed E-state index contributed by atoms with van der Waals surface area (Å²) in [4.78, 5) is 4.97. The predicted octanol–water partition coefficient (Wildman–Crippen LogP) is 7.79. The lowest BCUT2D eigenvalue weighted by Crippen LogP contribution is -1.83. The summed E-state index contributed by atoms with van der Waals surface area (Å²) in [6.45, 7) is 3.96. The van der Waals surface area contributed by atoms with E-state index >= 15 is 0 Å². The SMILES string of the molecule is C=Cc1ccc(Sc2ccc3ccccc3c2)cc1Sc1ccccc1. The standard InChI is InChI=1S/C24H18S2/c1-2-18-12-14-23(17-24(18)26-21-10-4-3-5-11-21)25-22-15-13-19-8-6-7-9-20(19)16-22/h2-17H,1H2. The van der Waals surface area contributed by atoms with Crippen molar-refractivity contribution in [2.75, 3.05) is 0 Å². The van der Waals surface area contributed by atoms with E-state index in [0.717, 1.165) is 0 Å². The summed E-state index contributed by atoms with van der Waals surface area (Å²) in [6, 6.07) is 32.2. The van der Waals surface area contributed by atoms with Crippen molar-refractivity contribution in [3.8, 4) is 0 Å². The summed E-state index contributed by atoms with van der Waals surface area (Å²) in [5, 5.41) is 2.55. The minimum absolute atomic E-state index is 1.17. The lowest BCUT2D eigenvalue weighted by molar-refractivity contribution is 1.29. The molecule has 0 atom stereocenters. The zero-order valence-electron chi connectivity index (χ0n) is 14.3. The third-order valence-corrected chi connectivity index (χ3v) is 6.19. The highest BCUT2D eigenvalue weighted by Gasteiger charge is 2.06. The first-order valence-corrected chi connectivity index (χ1v) is 10.1. The second-order valence-electron chi connectivity index (χ2n) is 5.93. The average molecular weight is 371 g/mol. The lowest BCUT2D eigenvalue weighted by Gasteiger charge is -2.09. The summed E-state index contributed by atoms with van der Waals surface area (Å²) in [7, 11) is 0. The van der Waals surface area contributed by atoms with Crippen molar-refractivity contribution < 1.29 is 0 Å². The van der Waals surface area contributed by atoms with Gasteiger partial charge in [-0.2, -0.15) is 0 Å². The minimum atomic E-state index is 1.17. The van der Waals surface area contributed by atoms with Crippen LogP contribution in [-0.4, -0.2) is 0 Å². The van der Waals surface area contributed by atoms with E-state index in [0.29, 0.717) is 0 Å². The Kier molecular flexibility index (Phi) is 5.14. The molecule has 0 heterocycles. The molecule has 0 saturated carbocycles. The fourth-order valence-corrected chi connectivity index (χ4v) is 4.80. The molecule has 0 spiro atoms. The van der Waals surface area contributed by atoms with Crippen molar-refractivity contribution in [3.63, 3.8) is 0 Å². The molecule has 4 rings (SSSR count). The largest absolute Gasteiger partial charge is 0.0984 e. The van der Waals surface area contributed by atoms with Gasteiger partial charge in [0, 0.05) is 19.6 Å². The summed E-state index contributed by atoms with van der Waals surface area (Å²) in [5.74, 6) is 0. The van der Waals surface area contributed by atoms with Gasteiger partial charge in [-0.05, 0) is 52.7 Å². The molecular formula is C24H18S2. The third kappa shape index (κ3) is 3.87. The van der Waals surface area contributed by atoms with Gasteiger partial charge in [0.1, 0.15) is 0 Å². The van der Waals surface area contributed by atoms with Crippen molar-refractivity contribution in [2.24, 2.45) is 0 Å². The third-order valence-electron chi connectivity index (χ3n) is 4.13. The van der Waals surface area contributed by atoms with Gasteiger partial charge in [0.2, 0.25) is 0 Å². The van der Waals surface area contributed by atoms with E-state index in [1.54, 1.807) is 23.5 Å². The van der Waals surface area contributed by atoms with Crippen LogP contribution in [0.1, 0.15) is 5.56 Å². The molecular weight excluding hydrogens is 352 g/mol. The molecule has 0 saturated heterocycles. The van der Waals surface area contributed by atoms with E-state index in [1.165, 1.54) is 35.9 Å². The Bertz CT molecular complexity index is 1050. The first-order valence-electron chi connectivity index (χ1n) is 8.48. The van der Waals surface area contributed by atoms with E-state index in [-0.39, 0.29) is 0 Å². The maximum Gasteiger partial charge on any atom is 0.0205 e. The molecule has 26 heavy (non-hydrogen) atoms. The van der Waals surface area contributed by atoms with Crippen molar-refractivity contribution >= 4 is 40.4 Å². The Morgan fingerprint density at radius 1 is 0.577 bits per heavy atom. The highest BCUT2D eigenvalue weighted by atomic mass is 32.2. The molecule has 0 bridgehead atoms. The molecule has 0 nitrogen and oxygen atoms in total. The molecule has 0 aliphatic heterocycles. The Balaban J connectivity index is 1.63. The molecule has 0 N–H and O–H groups in total. The van der Waals surface area contributed by atoms with E-state index in [1.807, 2.05) is 12.1 Å². The van der Waals surface area contributed by atoms with Gasteiger partial charge in [-0.3, -0.25) is 0 Å². The number of hydrogen-bond donors (Lipinski definition) is 0. The van der Waals surface area contributed by atoms with Gasteiger partial charge in [-0.15, -0.1) is 0 Å². The summed E-state index contributed by atoms with van der Waals surface area (Å²) in [5.41, 5.74) is 1.17. The van der Waals surface area contributed by atoms with Gasteiger partial charge in [-0.1, -0.05) is 90.8 Å². The molecule has 4 aromatic carbocycles. The average Bonchev–Trinajstić information content (AvgIpc) is 2.69. The monoisotopic (exact) mass is 370 g/mol. The zero-order chi connectivity index (χ0) is 17.8. The van der Waals surface area contributed by atoms with E-state index in [9.17, 15) is 0 Å². The summed E-state index contributed by atoms with van der Waals surface area (Å²) in [6.07, 6.45) is 1.93. The normalized spacial score (nSPS) is 10.8. The van der Waals surface area contributed by atoms with Crippen molar-refractivity contribution in [1.29, 1.82) is 0 Å². The smallest absolute Gasteiger partial charge is 0.0205 e. The van der Waals surface area contributed by atoms with E-state index < -0.39 is 0 Å². The summed E-state index contributed by atoms with van der Waals surface area (Å²) >= 11 is 3.58. The first-order chi connectivity index (χ1) is 12.8. The number of fused-ring (bicyclic) bond motifs is 1. The van der Waals surface area contributed by atoms with E-state index in [4.69, 9.17) is 0 Å². The number of benzene rings is 4. The Morgan fingerprint density at radius 3 is 2.08 bits per heavy atom. The molecule has 0 aliphatic carbocycles. The van der Waals surface area contributed by atoms with Crippen LogP contribution in [0.5, 0.6) is 0 Å². The van der Waals surface area contributed by atoms with Crippen LogP contribution < -0.4 is 0 Å². The highest BCUT2D eigenvalue weighted by molar-refractivity contribution is 8.00. The van der Waals surface area contributed by atoms with Gasteiger partial charge in [0.05, 0.1) is 0 Å². The van der Waals surface area contributed by atoms with Crippen LogP contribution in [0.4, 0.5) is 0 Å². The number of rotatable bonds is 5. The van der Waals surface area contributed by atoms with E-state index in [2.05, 4.69) is 91.5 Å². The molecule has 0 radical (unpaired) electrons. The molecule has 126 valence electrons. The zero-order valence-corrected chi connectivity index (χ0v) is 15.9. The van der Waals surface area contributed by atoms with Gasteiger partial charge >= 0.3 is 0 Å². The number of hydrogen-bond acceptors (Lipinski definition) is 2. The Hall–Kier alpha value is -2.42. The molecule has 0 amide bonds. The minimum Gasteiger partial charge on any atom is -0.0984 e. The lowest BCUT2D eigenvalue weighted by atomic mass is 10.1. The van der Waals surface area contributed by atoms with Crippen LogP contribution in [0.3, 0.4) is 0 Å². The maximum absolute atomic E-state index is 3.96. The van der Waals surface area contributed by atoms with Crippen LogP contribution in [-0.2, 0) is 0 Å². The van der Waals surface area contributed by atoms with Crippen LogP contribution in [0, 0.1) is 0 Å². The molecule has 0 aromatic heterocycles. The van der Waals surface area contributed by atoms with Gasteiger partial charge < -0.3 is 0 Å². The first kappa shape index (κ1) is 17.0. The molecule has 0 aliphatic rings. The fraction of sp³-hybridized carbons (Fsp3) is 0. The van der Waals surface area contributed by atoms with Crippen LogP contribution in [0.25, 0.3) is 16.8 Å². The second-order valence-corrected chi connectivity index (χ2v) is 8.19. The van der Waals surface area contributed by atoms with Crippen molar-refractivity contribution in [2.45, 2.75) is 19.6 Å². The molecule has 4 aromatic rings. The van der Waals surface area contributed by atoms with Gasteiger partial charge in [0.25, 0.3) is 0 Å². The Labute approximate surface area is 163 Å². The summed E-state index contributed by atoms with van der Waals surface area (Å²) < 4.78 is 0. The van der Waals surface area contributed by atoms with Crippen LogP contribution in [0.15, 0.2) is 117 Å². The van der Waals surface area contributed by atoms with Crippen LogP contribution in [0.2, 0.25) is 0 Å². The Morgan fingerprint density at radius 2 is 1.27 bits per heavy atom. The van der Waals surface area contributed by atoms with Crippen molar-refractivity contribution in [3.05, 3.63) is 103 Å². The quantitative estimate of drug-likeness (QED) is 0.352. The molecule has 0 unspecified atom stereocenters. The van der Waals surface area contributed by atoms with Gasteiger partial charge in [0.15, 0.2) is 0 Å². The van der Waals surface area contributed by atoms with Crippen LogP contribution >= 0.6 is 23.5 Å².